The first-order chi connectivity index (χ1) is 7.08. The summed E-state index contributed by atoms with van der Waals surface area (Å²) in [4.78, 5) is 23.5. The summed E-state index contributed by atoms with van der Waals surface area (Å²) in [5.41, 5.74) is 0. The van der Waals surface area contributed by atoms with E-state index in [0.717, 1.165) is 12.8 Å². The number of nitrogens with zero attached hydrogens (tertiary/aromatic N) is 1. The second-order valence-corrected chi connectivity index (χ2v) is 4.49. The number of likely N-dealkylation sites (tertiary alicyclic amines) is 1. The molecule has 1 heterocycles. The lowest BCUT2D eigenvalue weighted by molar-refractivity contribution is -0.144. The van der Waals surface area contributed by atoms with Gasteiger partial charge in [0.05, 0.1) is 12.5 Å². The van der Waals surface area contributed by atoms with E-state index in [0.29, 0.717) is 19.0 Å². The number of hydrogen-bond donors (Lipinski definition) is 2. The molecule has 2 N–H and O–H groups in total. The number of rotatable bonds is 3. The Kier molecular flexibility index (Phi) is 2.65. The summed E-state index contributed by atoms with van der Waals surface area (Å²) >= 11 is 0. The SMILES string of the molecule is O=C(O)CN1CC2CC1CCC2C(=O)O. The topological polar surface area (TPSA) is 77.8 Å². The minimum atomic E-state index is -0.825. The molecule has 2 aliphatic rings. The van der Waals surface area contributed by atoms with E-state index < -0.39 is 11.9 Å². The Morgan fingerprint density at radius 2 is 2.00 bits per heavy atom. The van der Waals surface area contributed by atoms with Gasteiger partial charge in [0.1, 0.15) is 0 Å². The summed E-state index contributed by atoms with van der Waals surface area (Å²) in [5, 5.41) is 17.7. The van der Waals surface area contributed by atoms with Crippen molar-refractivity contribution in [2.24, 2.45) is 11.8 Å². The summed E-state index contributed by atoms with van der Waals surface area (Å²) in [5.74, 6) is -1.66. The maximum atomic E-state index is 10.9. The lowest BCUT2D eigenvalue weighted by Crippen LogP contribution is -2.33. The van der Waals surface area contributed by atoms with Crippen LogP contribution in [0.5, 0.6) is 0 Å². The van der Waals surface area contributed by atoms with Crippen molar-refractivity contribution in [2.45, 2.75) is 25.3 Å². The van der Waals surface area contributed by atoms with Gasteiger partial charge < -0.3 is 10.2 Å². The predicted molar refractivity (Wildman–Crippen MR) is 51.5 cm³/mol. The van der Waals surface area contributed by atoms with Gasteiger partial charge in [0.2, 0.25) is 0 Å². The molecule has 0 aromatic heterocycles. The van der Waals surface area contributed by atoms with Crippen LogP contribution in [0.1, 0.15) is 19.3 Å². The molecule has 5 nitrogen and oxygen atoms in total. The number of carbonyl (C=O) groups is 2. The molecular weight excluding hydrogens is 198 g/mol. The van der Waals surface area contributed by atoms with Crippen LogP contribution in [0.2, 0.25) is 0 Å². The molecule has 2 rings (SSSR count). The molecule has 0 spiro atoms. The summed E-state index contributed by atoms with van der Waals surface area (Å²) in [6.45, 7) is 0.682. The molecule has 1 saturated carbocycles. The first kappa shape index (κ1) is 10.4. The smallest absolute Gasteiger partial charge is 0.317 e. The molecule has 2 fully saturated rings. The average Bonchev–Trinajstić information content (AvgIpc) is 2.42. The number of hydrogen-bond acceptors (Lipinski definition) is 3. The third kappa shape index (κ3) is 1.97. The molecule has 3 atom stereocenters. The number of carboxylic acid groups (broad SMARTS) is 2. The fraction of sp³-hybridized carbons (Fsp3) is 0.800. The molecule has 15 heavy (non-hydrogen) atoms. The Hall–Kier alpha value is -1.10. The minimum Gasteiger partial charge on any atom is -0.481 e. The highest BCUT2D eigenvalue weighted by Crippen LogP contribution is 2.39. The van der Waals surface area contributed by atoms with E-state index in [1.54, 1.807) is 0 Å². The fourth-order valence-corrected chi connectivity index (χ4v) is 2.92. The Labute approximate surface area is 87.7 Å². The summed E-state index contributed by atoms with van der Waals surface area (Å²) in [6.07, 6.45) is 2.37. The van der Waals surface area contributed by atoms with Crippen molar-refractivity contribution < 1.29 is 19.8 Å². The van der Waals surface area contributed by atoms with Crippen molar-refractivity contribution in [3.05, 3.63) is 0 Å². The standard InChI is InChI=1S/C10H15NO4/c12-9(13)5-11-4-6-3-7(11)1-2-8(6)10(14)15/h6-8H,1-5H2,(H,12,13)(H,14,15). The average molecular weight is 213 g/mol. The molecule has 0 amide bonds. The van der Waals surface area contributed by atoms with Gasteiger partial charge in [-0.2, -0.15) is 0 Å². The summed E-state index contributed by atoms with van der Waals surface area (Å²) in [6, 6.07) is 0.293. The third-order valence-corrected chi connectivity index (χ3v) is 3.60. The lowest BCUT2D eigenvalue weighted by Gasteiger charge is -2.25. The van der Waals surface area contributed by atoms with Crippen molar-refractivity contribution in [1.82, 2.24) is 4.90 Å². The molecule has 1 aliphatic carbocycles. The minimum absolute atomic E-state index is 0.0491. The zero-order chi connectivity index (χ0) is 11.0. The van der Waals surface area contributed by atoms with Crippen molar-refractivity contribution in [3.63, 3.8) is 0 Å². The molecule has 0 aromatic rings. The van der Waals surface area contributed by atoms with Gasteiger partial charge in [-0.1, -0.05) is 0 Å². The summed E-state index contributed by atoms with van der Waals surface area (Å²) in [7, 11) is 0. The van der Waals surface area contributed by atoms with E-state index in [-0.39, 0.29) is 18.4 Å². The molecule has 1 saturated heterocycles. The van der Waals surface area contributed by atoms with E-state index in [2.05, 4.69) is 0 Å². The number of fused-ring (bicyclic) bond motifs is 2. The quantitative estimate of drug-likeness (QED) is 0.703. The number of carboxylic acids is 2. The van der Waals surface area contributed by atoms with Crippen molar-refractivity contribution in [3.8, 4) is 0 Å². The highest BCUT2D eigenvalue weighted by atomic mass is 16.4. The Balaban J connectivity index is 2.01. The zero-order valence-corrected chi connectivity index (χ0v) is 8.43. The Morgan fingerprint density at radius 1 is 1.27 bits per heavy atom. The Morgan fingerprint density at radius 3 is 2.60 bits per heavy atom. The van der Waals surface area contributed by atoms with Gasteiger partial charge in [-0.05, 0) is 25.2 Å². The first-order valence-corrected chi connectivity index (χ1v) is 5.26. The molecular formula is C10H15NO4. The van der Waals surface area contributed by atoms with Gasteiger partial charge in [0.15, 0.2) is 0 Å². The van der Waals surface area contributed by atoms with E-state index >= 15 is 0 Å². The zero-order valence-electron chi connectivity index (χ0n) is 8.43. The highest BCUT2D eigenvalue weighted by Gasteiger charge is 2.43. The Bertz CT molecular complexity index is 291. The van der Waals surface area contributed by atoms with Crippen molar-refractivity contribution >= 4 is 11.9 Å². The van der Waals surface area contributed by atoms with Crippen LogP contribution in [-0.2, 0) is 9.59 Å². The number of aliphatic carboxylic acids is 2. The molecule has 84 valence electrons. The van der Waals surface area contributed by atoms with Gasteiger partial charge in [0.25, 0.3) is 0 Å². The normalized spacial score (nSPS) is 35.3. The van der Waals surface area contributed by atoms with Crippen molar-refractivity contribution in [1.29, 1.82) is 0 Å². The molecule has 0 aromatic carbocycles. The van der Waals surface area contributed by atoms with Crippen LogP contribution in [0.15, 0.2) is 0 Å². The van der Waals surface area contributed by atoms with Crippen LogP contribution < -0.4 is 0 Å². The van der Waals surface area contributed by atoms with Crippen LogP contribution in [-0.4, -0.2) is 46.2 Å². The maximum absolute atomic E-state index is 10.9. The predicted octanol–water partition coefficient (Wildman–Crippen LogP) is 0.256. The van der Waals surface area contributed by atoms with E-state index in [9.17, 15) is 9.59 Å². The van der Waals surface area contributed by atoms with Crippen LogP contribution >= 0.6 is 0 Å². The highest BCUT2D eigenvalue weighted by molar-refractivity contribution is 5.71. The van der Waals surface area contributed by atoms with Crippen LogP contribution in [0.25, 0.3) is 0 Å². The maximum Gasteiger partial charge on any atom is 0.317 e. The van der Waals surface area contributed by atoms with Crippen LogP contribution in [0, 0.1) is 11.8 Å². The van der Waals surface area contributed by atoms with E-state index in [1.807, 2.05) is 4.90 Å². The second kappa shape index (κ2) is 3.81. The van der Waals surface area contributed by atoms with Crippen LogP contribution in [0.3, 0.4) is 0 Å². The summed E-state index contributed by atoms with van der Waals surface area (Å²) < 4.78 is 0. The molecule has 3 unspecified atom stereocenters. The van der Waals surface area contributed by atoms with Gasteiger partial charge >= 0.3 is 11.9 Å². The van der Waals surface area contributed by atoms with Gasteiger partial charge in [0, 0.05) is 12.6 Å². The van der Waals surface area contributed by atoms with Gasteiger partial charge in [-0.25, -0.2) is 0 Å². The van der Waals surface area contributed by atoms with E-state index in [1.165, 1.54) is 0 Å². The van der Waals surface area contributed by atoms with Crippen molar-refractivity contribution in [2.75, 3.05) is 13.1 Å². The fourth-order valence-electron chi connectivity index (χ4n) is 2.92. The third-order valence-electron chi connectivity index (χ3n) is 3.60. The lowest BCUT2D eigenvalue weighted by atomic mass is 9.80. The molecule has 2 bridgehead atoms. The molecule has 5 heteroatoms. The molecule has 0 radical (unpaired) electrons. The molecule has 1 aliphatic heterocycles. The van der Waals surface area contributed by atoms with Gasteiger partial charge in [-0.3, -0.25) is 14.5 Å². The van der Waals surface area contributed by atoms with E-state index in [4.69, 9.17) is 10.2 Å². The van der Waals surface area contributed by atoms with Gasteiger partial charge in [-0.15, -0.1) is 0 Å². The van der Waals surface area contributed by atoms with Crippen LogP contribution in [0.4, 0.5) is 0 Å². The monoisotopic (exact) mass is 213 g/mol. The second-order valence-electron chi connectivity index (χ2n) is 4.49. The largest absolute Gasteiger partial charge is 0.481 e. The first-order valence-electron chi connectivity index (χ1n) is 5.26.